The van der Waals surface area contributed by atoms with Crippen LogP contribution in [0.2, 0.25) is 0 Å². The predicted octanol–water partition coefficient (Wildman–Crippen LogP) is 6.46. The van der Waals surface area contributed by atoms with Gasteiger partial charge < -0.3 is 16.4 Å². The maximum Gasteiger partial charge on any atom is 0.0451 e. The van der Waals surface area contributed by atoms with E-state index in [0.29, 0.717) is 0 Å². The molecule has 0 atom stereocenters. The zero-order chi connectivity index (χ0) is 26.4. The van der Waals surface area contributed by atoms with E-state index in [4.69, 9.17) is 11.5 Å². The van der Waals surface area contributed by atoms with Crippen LogP contribution in [0.1, 0.15) is 79.3 Å². The molecule has 4 N–H and O–H groups in total. The van der Waals surface area contributed by atoms with Crippen LogP contribution in [-0.2, 0) is 13.0 Å². The lowest BCUT2D eigenvalue weighted by atomic mass is 9.98. The van der Waals surface area contributed by atoms with Gasteiger partial charge in [-0.1, -0.05) is 63.8 Å². The second-order valence-electron chi connectivity index (χ2n) is 9.44. The van der Waals surface area contributed by atoms with E-state index in [9.17, 15) is 0 Å². The van der Waals surface area contributed by atoms with Gasteiger partial charge in [-0.05, 0) is 69.0 Å². The van der Waals surface area contributed by atoms with Gasteiger partial charge in [0.25, 0.3) is 0 Å². The van der Waals surface area contributed by atoms with Gasteiger partial charge in [-0.3, -0.25) is 9.98 Å². The molecule has 194 valence electrons. The molecule has 1 saturated carbocycles. The first-order valence-corrected chi connectivity index (χ1v) is 13.0. The Kier molecular flexibility index (Phi) is 14.0. The SMILES string of the molecule is CC.CN=Cc1c(C)ccc(CCCCC2CC2)c1N.CN=Cc1c(C)ccc(CN(C)C)c1N. The maximum atomic E-state index is 6.23. The fourth-order valence-electron chi connectivity index (χ4n) is 4.03. The number of nitrogens with two attached hydrogens (primary N) is 2. The van der Waals surface area contributed by atoms with Crippen molar-refractivity contribution in [3.05, 3.63) is 57.6 Å². The van der Waals surface area contributed by atoms with Crippen molar-refractivity contribution in [2.75, 3.05) is 39.7 Å². The Labute approximate surface area is 214 Å². The van der Waals surface area contributed by atoms with Crippen molar-refractivity contribution in [3.63, 3.8) is 0 Å². The second kappa shape index (κ2) is 16.1. The van der Waals surface area contributed by atoms with Gasteiger partial charge in [-0.25, -0.2) is 0 Å². The largest absolute Gasteiger partial charge is 0.398 e. The Morgan fingerprint density at radius 3 is 1.77 bits per heavy atom. The van der Waals surface area contributed by atoms with Crippen LogP contribution in [0.15, 0.2) is 34.3 Å². The molecule has 0 aromatic heterocycles. The molecule has 1 fully saturated rings. The third-order valence-electron chi connectivity index (χ3n) is 6.20. The van der Waals surface area contributed by atoms with Crippen LogP contribution in [0.25, 0.3) is 0 Å². The Morgan fingerprint density at radius 2 is 1.31 bits per heavy atom. The minimum atomic E-state index is 0.842. The average molecular weight is 480 g/mol. The van der Waals surface area contributed by atoms with Crippen LogP contribution < -0.4 is 11.5 Å². The highest BCUT2D eigenvalue weighted by Gasteiger charge is 2.20. The molecule has 5 nitrogen and oxygen atoms in total. The van der Waals surface area contributed by atoms with Gasteiger partial charge in [-0.2, -0.15) is 0 Å². The number of nitrogen functional groups attached to an aromatic ring is 2. The van der Waals surface area contributed by atoms with Crippen LogP contribution in [0.5, 0.6) is 0 Å². The normalized spacial score (nSPS) is 13.1. The molecule has 0 aliphatic heterocycles. The maximum absolute atomic E-state index is 6.23. The fraction of sp³-hybridized carbons (Fsp3) is 0.533. The van der Waals surface area contributed by atoms with Gasteiger partial charge in [-0.15, -0.1) is 0 Å². The summed E-state index contributed by atoms with van der Waals surface area (Å²) in [4.78, 5) is 10.2. The summed E-state index contributed by atoms with van der Waals surface area (Å²) < 4.78 is 0. The van der Waals surface area contributed by atoms with Crippen LogP contribution >= 0.6 is 0 Å². The average Bonchev–Trinajstić information content (AvgIpc) is 3.66. The van der Waals surface area contributed by atoms with Gasteiger partial charge in [0, 0.05) is 55.6 Å². The topological polar surface area (TPSA) is 80.0 Å². The zero-order valence-corrected chi connectivity index (χ0v) is 23.5. The smallest absolute Gasteiger partial charge is 0.0451 e. The first kappa shape index (κ1) is 30.4. The van der Waals surface area contributed by atoms with Gasteiger partial charge in [0.1, 0.15) is 0 Å². The van der Waals surface area contributed by atoms with Gasteiger partial charge in [0.15, 0.2) is 0 Å². The number of hydrogen-bond donors (Lipinski definition) is 2. The number of anilines is 2. The predicted molar refractivity (Wildman–Crippen MR) is 157 cm³/mol. The number of nitrogens with zero attached hydrogens (tertiary/aromatic N) is 3. The minimum Gasteiger partial charge on any atom is -0.398 e. The van der Waals surface area contributed by atoms with Crippen LogP contribution in [-0.4, -0.2) is 45.5 Å². The third kappa shape index (κ3) is 10.2. The summed E-state index contributed by atoms with van der Waals surface area (Å²) in [6.45, 7) is 8.99. The third-order valence-corrected chi connectivity index (χ3v) is 6.20. The molecule has 0 spiro atoms. The number of benzene rings is 2. The van der Waals surface area contributed by atoms with Crippen LogP contribution in [0, 0.1) is 19.8 Å². The molecule has 0 amide bonds. The summed E-state index contributed by atoms with van der Waals surface area (Å²) in [5.41, 5.74) is 21.0. The van der Waals surface area contributed by atoms with Gasteiger partial charge in [0.2, 0.25) is 0 Å². The summed E-state index contributed by atoms with van der Waals surface area (Å²) in [6, 6.07) is 8.50. The quantitative estimate of drug-likeness (QED) is 0.246. The molecule has 2 aromatic rings. The molecule has 2 aromatic carbocycles. The van der Waals surface area contributed by atoms with Crippen LogP contribution in [0.4, 0.5) is 11.4 Å². The monoisotopic (exact) mass is 479 g/mol. The Morgan fingerprint density at radius 1 is 0.829 bits per heavy atom. The first-order valence-electron chi connectivity index (χ1n) is 13.0. The highest BCUT2D eigenvalue weighted by atomic mass is 15.0. The van der Waals surface area contributed by atoms with Gasteiger partial charge >= 0.3 is 0 Å². The van der Waals surface area contributed by atoms with Crippen molar-refractivity contribution in [2.45, 2.75) is 72.8 Å². The van der Waals surface area contributed by atoms with E-state index >= 15 is 0 Å². The molecule has 0 heterocycles. The lowest BCUT2D eigenvalue weighted by Gasteiger charge is -2.14. The summed E-state index contributed by atoms with van der Waals surface area (Å²) >= 11 is 0. The van der Waals surface area contributed by atoms with Crippen LogP contribution in [0.3, 0.4) is 0 Å². The molecule has 1 aliphatic carbocycles. The van der Waals surface area contributed by atoms with E-state index in [1.165, 1.54) is 48.8 Å². The molecule has 3 rings (SSSR count). The Hall–Kier alpha value is -2.66. The van der Waals surface area contributed by atoms with E-state index in [1.807, 2.05) is 47.3 Å². The highest BCUT2D eigenvalue weighted by molar-refractivity contribution is 5.90. The molecule has 0 saturated heterocycles. The molecular formula is C30H49N5. The molecule has 5 heteroatoms. The first-order chi connectivity index (χ1) is 16.8. The highest BCUT2D eigenvalue weighted by Crippen LogP contribution is 2.34. The molecule has 0 unspecified atom stereocenters. The lowest BCUT2D eigenvalue weighted by molar-refractivity contribution is 0.403. The fourth-order valence-corrected chi connectivity index (χ4v) is 4.03. The number of hydrogen-bond acceptors (Lipinski definition) is 5. The Bertz CT molecular complexity index is 956. The van der Waals surface area contributed by atoms with Crippen molar-refractivity contribution < 1.29 is 0 Å². The zero-order valence-electron chi connectivity index (χ0n) is 23.5. The summed E-state index contributed by atoms with van der Waals surface area (Å²) in [5, 5.41) is 0. The summed E-state index contributed by atoms with van der Waals surface area (Å²) in [6.07, 6.45) is 11.7. The van der Waals surface area contributed by atoms with Gasteiger partial charge in [0.05, 0.1) is 0 Å². The number of aryl methyl sites for hydroxylation is 3. The molecule has 1 aliphatic rings. The second-order valence-corrected chi connectivity index (χ2v) is 9.44. The molecular weight excluding hydrogens is 430 g/mol. The van der Waals surface area contributed by atoms with Crippen molar-refractivity contribution >= 4 is 23.8 Å². The number of unbranched alkanes of at least 4 members (excludes halogenated alkanes) is 1. The van der Waals surface area contributed by atoms with E-state index in [0.717, 1.165) is 46.9 Å². The van der Waals surface area contributed by atoms with E-state index in [-0.39, 0.29) is 0 Å². The van der Waals surface area contributed by atoms with Crippen molar-refractivity contribution in [1.82, 2.24) is 4.90 Å². The minimum absolute atomic E-state index is 0.842. The van der Waals surface area contributed by atoms with E-state index in [2.05, 4.69) is 46.1 Å². The lowest BCUT2D eigenvalue weighted by Crippen LogP contribution is -2.13. The molecule has 0 bridgehead atoms. The summed E-state index contributed by atoms with van der Waals surface area (Å²) in [5.74, 6) is 1.04. The van der Waals surface area contributed by atoms with Crippen molar-refractivity contribution in [1.29, 1.82) is 0 Å². The Balaban J connectivity index is 0.000000332. The number of aliphatic imine (C=N–C) groups is 2. The van der Waals surface area contributed by atoms with E-state index in [1.54, 1.807) is 14.1 Å². The van der Waals surface area contributed by atoms with Crippen molar-refractivity contribution in [2.24, 2.45) is 15.9 Å². The molecule has 35 heavy (non-hydrogen) atoms. The summed E-state index contributed by atoms with van der Waals surface area (Å²) in [7, 11) is 7.62. The van der Waals surface area contributed by atoms with E-state index < -0.39 is 0 Å². The standard InChI is InChI=1S/C16H24N2.C12H19N3.C2H6/c1-12-7-10-14(16(17)15(12)11-18-2)6-4-3-5-13-8-9-13;1-9-5-6-10(8-15(3)4)12(13)11(9)7-14-2;1-2/h7,10-11,13H,3-6,8-9,17H2,1-2H3;5-7H,8,13H2,1-4H3;1-2H3. The van der Waals surface area contributed by atoms with Crippen molar-refractivity contribution in [3.8, 4) is 0 Å². The number of rotatable bonds is 9. The molecule has 0 radical (unpaired) electrons.